The van der Waals surface area contributed by atoms with Gasteiger partial charge >= 0.3 is 0 Å². The van der Waals surface area contributed by atoms with Gasteiger partial charge in [0, 0.05) is 13.1 Å². The Morgan fingerprint density at radius 2 is 2.11 bits per heavy atom. The minimum absolute atomic E-state index is 0.0910. The molecule has 5 nitrogen and oxygen atoms in total. The van der Waals surface area contributed by atoms with E-state index < -0.39 is 0 Å². The highest BCUT2D eigenvalue weighted by atomic mass is 15.3. The smallest absolute Gasteiger partial charge is 0.149 e. The Labute approximate surface area is 112 Å². The SMILES string of the molecule is CC(NC(C)c1nncn1C)c1cccc(C#N)c1. The first-order valence-corrected chi connectivity index (χ1v) is 6.22. The van der Waals surface area contributed by atoms with Crippen molar-refractivity contribution < 1.29 is 0 Å². The summed E-state index contributed by atoms with van der Waals surface area (Å²) in [4.78, 5) is 0. The lowest BCUT2D eigenvalue weighted by atomic mass is 10.0. The Kier molecular flexibility index (Phi) is 3.93. The monoisotopic (exact) mass is 255 g/mol. The van der Waals surface area contributed by atoms with Gasteiger partial charge in [-0.2, -0.15) is 5.26 Å². The minimum atomic E-state index is 0.0910. The van der Waals surface area contributed by atoms with Gasteiger partial charge in [0.2, 0.25) is 0 Å². The first-order valence-electron chi connectivity index (χ1n) is 6.22. The summed E-state index contributed by atoms with van der Waals surface area (Å²) in [7, 11) is 1.93. The van der Waals surface area contributed by atoms with Crippen LogP contribution in [-0.4, -0.2) is 14.8 Å². The molecule has 0 bridgehead atoms. The van der Waals surface area contributed by atoms with Crippen LogP contribution in [0.2, 0.25) is 0 Å². The molecule has 1 aromatic carbocycles. The quantitative estimate of drug-likeness (QED) is 0.908. The van der Waals surface area contributed by atoms with Crippen LogP contribution in [0, 0.1) is 11.3 Å². The van der Waals surface area contributed by atoms with Crippen LogP contribution in [0.5, 0.6) is 0 Å². The largest absolute Gasteiger partial charge is 0.319 e. The second-order valence-corrected chi connectivity index (χ2v) is 4.65. The number of benzene rings is 1. The van der Waals surface area contributed by atoms with Crippen LogP contribution in [0.25, 0.3) is 0 Å². The van der Waals surface area contributed by atoms with Gasteiger partial charge in [-0.1, -0.05) is 12.1 Å². The van der Waals surface area contributed by atoms with Crippen molar-refractivity contribution in [2.75, 3.05) is 0 Å². The van der Waals surface area contributed by atoms with E-state index in [0.717, 1.165) is 11.4 Å². The van der Waals surface area contributed by atoms with Gasteiger partial charge in [0.25, 0.3) is 0 Å². The number of aryl methyl sites for hydroxylation is 1. The number of hydrogen-bond acceptors (Lipinski definition) is 4. The fourth-order valence-corrected chi connectivity index (χ4v) is 2.11. The molecule has 0 fully saturated rings. The molecule has 2 unspecified atom stereocenters. The van der Waals surface area contributed by atoms with Gasteiger partial charge in [0.1, 0.15) is 12.2 Å². The van der Waals surface area contributed by atoms with Crippen molar-refractivity contribution in [1.29, 1.82) is 5.26 Å². The van der Waals surface area contributed by atoms with E-state index in [0.29, 0.717) is 5.56 Å². The predicted molar refractivity (Wildman–Crippen MR) is 72.1 cm³/mol. The Bertz CT molecular complexity index is 596. The molecule has 0 spiro atoms. The molecule has 1 heterocycles. The maximum Gasteiger partial charge on any atom is 0.149 e. The molecule has 1 aromatic heterocycles. The summed E-state index contributed by atoms with van der Waals surface area (Å²) in [6, 6.07) is 10.0. The van der Waals surface area contributed by atoms with Crippen LogP contribution in [0.1, 0.15) is 42.9 Å². The maximum atomic E-state index is 8.92. The van der Waals surface area contributed by atoms with E-state index in [1.807, 2.05) is 35.9 Å². The van der Waals surface area contributed by atoms with Crippen molar-refractivity contribution in [2.24, 2.45) is 7.05 Å². The van der Waals surface area contributed by atoms with Gasteiger partial charge in [0.15, 0.2) is 0 Å². The van der Waals surface area contributed by atoms with Crippen molar-refractivity contribution in [3.63, 3.8) is 0 Å². The molecule has 2 rings (SSSR count). The average Bonchev–Trinajstić information content (AvgIpc) is 2.85. The fraction of sp³-hybridized carbons (Fsp3) is 0.357. The van der Waals surface area contributed by atoms with Crippen LogP contribution in [0.4, 0.5) is 0 Å². The second-order valence-electron chi connectivity index (χ2n) is 4.65. The van der Waals surface area contributed by atoms with Crippen LogP contribution < -0.4 is 5.32 Å². The third kappa shape index (κ3) is 2.98. The van der Waals surface area contributed by atoms with E-state index in [1.54, 1.807) is 6.33 Å². The summed E-state index contributed by atoms with van der Waals surface area (Å²) in [5.41, 5.74) is 1.77. The van der Waals surface area contributed by atoms with Crippen LogP contribution >= 0.6 is 0 Å². The van der Waals surface area contributed by atoms with Crippen molar-refractivity contribution in [3.8, 4) is 6.07 Å². The molecule has 1 N–H and O–H groups in total. The topological polar surface area (TPSA) is 66.5 Å². The molecule has 98 valence electrons. The van der Waals surface area contributed by atoms with Gasteiger partial charge in [-0.25, -0.2) is 0 Å². The van der Waals surface area contributed by atoms with Crippen molar-refractivity contribution >= 4 is 0 Å². The van der Waals surface area contributed by atoms with Gasteiger partial charge in [0.05, 0.1) is 17.7 Å². The first-order chi connectivity index (χ1) is 9.11. The zero-order valence-electron chi connectivity index (χ0n) is 11.3. The fourth-order valence-electron chi connectivity index (χ4n) is 2.11. The lowest BCUT2D eigenvalue weighted by Gasteiger charge is -2.19. The molecule has 5 heteroatoms. The molecule has 0 aliphatic carbocycles. The van der Waals surface area contributed by atoms with Crippen molar-refractivity contribution in [2.45, 2.75) is 25.9 Å². The minimum Gasteiger partial charge on any atom is -0.319 e. The Morgan fingerprint density at radius 3 is 2.74 bits per heavy atom. The molecule has 0 aliphatic heterocycles. The summed E-state index contributed by atoms with van der Waals surface area (Å²) < 4.78 is 1.90. The highest BCUT2D eigenvalue weighted by Crippen LogP contribution is 2.18. The van der Waals surface area contributed by atoms with E-state index in [-0.39, 0.29) is 12.1 Å². The molecular formula is C14H17N5. The summed E-state index contributed by atoms with van der Waals surface area (Å²) in [6.07, 6.45) is 1.69. The highest BCUT2D eigenvalue weighted by Gasteiger charge is 2.15. The van der Waals surface area contributed by atoms with Gasteiger partial charge in [-0.15, -0.1) is 10.2 Å². The molecule has 0 radical (unpaired) electrons. The summed E-state index contributed by atoms with van der Waals surface area (Å²) in [6.45, 7) is 4.12. The zero-order chi connectivity index (χ0) is 13.8. The summed E-state index contributed by atoms with van der Waals surface area (Å²) in [5, 5.41) is 20.4. The third-order valence-corrected chi connectivity index (χ3v) is 3.15. The van der Waals surface area contributed by atoms with Gasteiger partial charge in [-0.05, 0) is 31.5 Å². The Balaban J connectivity index is 2.11. The van der Waals surface area contributed by atoms with E-state index >= 15 is 0 Å². The number of nitrogens with one attached hydrogen (secondary N) is 1. The van der Waals surface area contributed by atoms with E-state index in [4.69, 9.17) is 5.26 Å². The molecule has 0 saturated carbocycles. The molecule has 2 atom stereocenters. The Hall–Kier alpha value is -2.19. The van der Waals surface area contributed by atoms with E-state index in [1.165, 1.54) is 0 Å². The molecular weight excluding hydrogens is 238 g/mol. The summed E-state index contributed by atoms with van der Waals surface area (Å²) >= 11 is 0. The zero-order valence-corrected chi connectivity index (χ0v) is 11.3. The van der Waals surface area contributed by atoms with Gasteiger partial charge in [-0.3, -0.25) is 0 Å². The second kappa shape index (κ2) is 5.63. The van der Waals surface area contributed by atoms with Crippen molar-refractivity contribution in [1.82, 2.24) is 20.1 Å². The molecule has 0 amide bonds. The summed E-state index contributed by atoms with van der Waals surface area (Å²) in [5.74, 6) is 0.892. The number of hydrogen-bond donors (Lipinski definition) is 1. The average molecular weight is 255 g/mol. The van der Waals surface area contributed by atoms with Gasteiger partial charge < -0.3 is 9.88 Å². The molecule has 0 saturated heterocycles. The normalized spacial score (nSPS) is 13.8. The lowest BCUT2D eigenvalue weighted by molar-refractivity contribution is 0.466. The van der Waals surface area contributed by atoms with E-state index in [9.17, 15) is 0 Å². The number of aromatic nitrogens is 3. The van der Waals surface area contributed by atoms with Crippen LogP contribution in [-0.2, 0) is 7.05 Å². The molecule has 19 heavy (non-hydrogen) atoms. The predicted octanol–water partition coefficient (Wildman–Crippen LogP) is 2.10. The van der Waals surface area contributed by atoms with E-state index in [2.05, 4.69) is 35.4 Å². The van der Waals surface area contributed by atoms with Crippen LogP contribution in [0.3, 0.4) is 0 Å². The van der Waals surface area contributed by atoms with Crippen molar-refractivity contribution in [3.05, 3.63) is 47.5 Å². The molecule has 2 aromatic rings. The lowest BCUT2D eigenvalue weighted by Crippen LogP contribution is -2.24. The molecule has 0 aliphatic rings. The number of rotatable bonds is 4. The van der Waals surface area contributed by atoms with Crippen LogP contribution in [0.15, 0.2) is 30.6 Å². The Morgan fingerprint density at radius 1 is 1.32 bits per heavy atom. The highest BCUT2D eigenvalue weighted by molar-refractivity contribution is 5.34. The number of nitrogens with zero attached hydrogens (tertiary/aromatic N) is 4. The third-order valence-electron chi connectivity index (χ3n) is 3.15. The first kappa shape index (κ1) is 13.2. The maximum absolute atomic E-state index is 8.92. The number of nitriles is 1. The standard InChI is InChI=1S/C14H17N5/c1-10(13-6-4-5-12(7-13)8-15)17-11(2)14-18-16-9-19(14)3/h4-7,9-11,17H,1-3H3.